The average molecular weight is 270 g/mol. The lowest BCUT2D eigenvalue weighted by Crippen LogP contribution is -2.42. The second-order valence-corrected chi connectivity index (χ2v) is 5.36. The van der Waals surface area contributed by atoms with Crippen LogP contribution in [0.1, 0.15) is 39.5 Å². The van der Waals surface area contributed by atoms with Gasteiger partial charge in [0.05, 0.1) is 12.5 Å². The van der Waals surface area contributed by atoms with Gasteiger partial charge in [-0.25, -0.2) is 0 Å². The van der Waals surface area contributed by atoms with Crippen molar-refractivity contribution in [2.45, 2.75) is 39.5 Å². The molecule has 1 saturated heterocycles. The van der Waals surface area contributed by atoms with Crippen molar-refractivity contribution in [2.24, 2.45) is 5.92 Å². The van der Waals surface area contributed by atoms with Crippen molar-refractivity contribution in [3.05, 3.63) is 0 Å². The van der Waals surface area contributed by atoms with E-state index in [1.54, 1.807) is 6.92 Å². The zero-order chi connectivity index (χ0) is 14.3. The predicted molar refractivity (Wildman–Crippen MR) is 74.0 cm³/mol. The maximum Gasteiger partial charge on any atom is 0.307 e. The molecule has 0 radical (unpaired) electrons. The summed E-state index contributed by atoms with van der Waals surface area (Å²) in [6.07, 6.45) is 4.58. The molecule has 0 aromatic heterocycles. The number of nitrogens with zero attached hydrogens (tertiary/aromatic N) is 2. The number of hydrogen-bond acceptors (Lipinski definition) is 3. The van der Waals surface area contributed by atoms with Gasteiger partial charge in [0.1, 0.15) is 0 Å². The normalized spacial score (nSPS) is 18.2. The van der Waals surface area contributed by atoms with Crippen molar-refractivity contribution in [3.8, 4) is 0 Å². The van der Waals surface area contributed by atoms with Gasteiger partial charge in [-0.1, -0.05) is 26.7 Å². The smallest absolute Gasteiger partial charge is 0.307 e. The Morgan fingerprint density at radius 3 is 2.26 bits per heavy atom. The molecule has 19 heavy (non-hydrogen) atoms. The zero-order valence-corrected chi connectivity index (χ0v) is 12.1. The maximum absolute atomic E-state index is 12.2. The molecule has 1 amide bonds. The quantitative estimate of drug-likeness (QED) is 0.793. The lowest BCUT2D eigenvalue weighted by molar-refractivity contribution is -0.142. The van der Waals surface area contributed by atoms with Crippen molar-refractivity contribution in [1.82, 2.24) is 9.80 Å². The number of hydrogen-bond donors (Lipinski definition) is 1. The van der Waals surface area contributed by atoms with E-state index in [0.29, 0.717) is 19.6 Å². The summed E-state index contributed by atoms with van der Waals surface area (Å²) in [5, 5.41) is 8.92. The molecule has 0 aromatic carbocycles. The molecule has 0 bridgehead atoms. The van der Waals surface area contributed by atoms with E-state index in [4.69, 9.17) is 5.11 Å². The van der Waals surface area contributed by atoms with E-state index >= 15 is 0 Å². The molecule has 1 aliphatic heterocycles. The van der Waals surface area contributed by atoms with E-state index in [0.717, 1.165) is 25.9 Å². The Kier molecular flexibility index (Phi) is 6.84. The molecule has 1 N–H and O–H groups in total. The predicted octanol–water partition coefficient (Wildman–Crippen LogP) is 1.43. The number of carboxylic acid groups (broad SMARTS) is 1. The van der Waals surface area contributed by atoms with Crippen molar-refractivity contribution in [2.75, 3.05) is 32.7 Å². The number of carboxylic acids is 1. The van der Waals surface area contributed by atoms with Gasteiger partial charge in [0, 0.05) is 19.6 Å². The Balaban J connectivity index is 2.45. The van der Waals surface area contributed by atoms with Gasteiger partial charge >= 0.3 is 5.97 Å². The molecule has 1 aliphatic rings. The van der Waals surface area contributed by atoms with Crippen molar-refractivity contribution < 1.29 is 14.7 Å². The van der Waals surface area contributed by atoms with Gasteiger partial charge in [-0.15, -0.1) is 0 Å². The molecular weight excluding hydrogens is 244 g/mol. The number of carbonyl (C=O) groups is 2. The van der Waals surface area contributed by atoms with Crippen molar-refractivity contribution in [3.63, 3.8) is 0 Å². The first-order valence-corrected chi connectivity index (χ1v) is 7.27. The van der Waals surface area contributed by atoms with E-state index in [2.05, 4.69) is 0 Å². The fourth-order valence-corrected chi connectivity index (χ4v) is 2.38. The maximum atomic E-state index is 12.2. The minimum absolute atomic E-state index is 0.140. The summed E-state index contributed by atoms with van der Waals surface area (Å²) in [5.74, 6) is -1.10. The average Bonchev–Trinajstić information content (AvgIpc) is 2.66. The van der Waals surface area contributed by atoms with Gasteiger partial charge in [0.15, 0.2) is 0 Å². The third kappa shape index (κ3) is 5.59. The minimum Gasteiger partial charge on any atom is -0.481 e. The van der Waals surface area contributed by atoms with Crippen LogP contribution in [0, 0.1) is 5.92 Å². The standard InChI is InChI=1S/C14H26N2O3/c1-3-15(10-12(2)14(18)19)11-13(17)16-8-6-4-5-7-9-16/h12H,3-11H2,1-2H3,(H,18,19). The Labute approximate surface area is 115 Å². The van der Waals surface area contributed by atoms with Crippen LogP contribution in [0.15, 0.2) is 0 Å². The number of amides is 1. The van der Waals surface area contributed by atoms with E-state index in [1.165, 1.54) is 12.8 Å². The van der Waals surface area contributed by atoms with E-state index in [1.807, 2.05) is 16.7 Å². The highest BCUT2D eigenvalue weighted by Crippen LogP contribution is 2.10. The third-order valence-corrected chi connectivity index (χ3v) is 3.72. The number of carbonyl (C=O) groups excluding carboxylic acids is 1. The Hall–Kier alpha value is -1.10. The summed E-state index contributed by atoms with van der Waals surface area (Å²) in [7, 11) is 0. The third-order valence-electron chi connectivity index (χ3n) is 3.72. The van der Waals surface area contributed by atoms with Crippen LogP contribution < -0.4 is 0 Å². The Morgan fingerprint density at radius 2 is 1.79 bits per heavy atom. The van der Waals surface area contributed by atoms with Crippen LogP contribution in [0.3, 0.4) is 0 Å². The monoisotopic (exact) mass is 270 g/mol. The van der Waals surface area contributed by atoms with Crippen LogP contribution in [-0.4, -0.2) is 59.5 Å². The number of rotatable bonds is 6. The highest BCUT2D eigenvalue weighted by molar-refractivity contribution is 5.78. The van der Waals surface area contributed by atoms with Crippen molar-refractivity contribution in [1.29, 1.82) is 0 Å². The molecule has 0 saturated carbocycles. The largest absolute Gasteiger partial charge is 0.481 e. The summed E-state index contributed by atoms with van der Waals surface area (Å²) >= 11 is 0. The summed E-state index contributed by atoms with van der Waals surface area (Å²) in [6.45, 7) is 6.83. The molecule has 110 valence electrons. The first-order chi connectivity index (χ1) is 9.04. The molecular formula is C14H26N2O3. The number of aliphatic carboxylic acids is 1. The second-order valence-electron chi connectivity index (χ2n) is 5.36. The molecule has 0 aliphatic carbocycles. The highest BCUT2D eigenvalue weighted by Gasteiger charge is 2.20. The molecule has 1 rings (SSSR count). The van der Waals surface area contributed by atoms with Gasteiger partial charge in [0.25, 0.3) is 0 Å². The highest BCUT2D eigenvalue weighted by atomic mass is 16.4. The summed E-state index contributed by atoms with van der Waals surface area (Å²) < 4.78 is 0. The van der Waals surface area contributed by atoms with Gasteiger partial charge in [-0.05, 0) is 19.4 Å². The summed E-state index contributed by atoms with van der Waals surface area (Å²) in [5.41, 5.74) is 0. The first-order valence-electron chi connectivity index (χ1n) is 7.27. The molecule has 0 aromatic rings. The topological polar surface area (TPSA) is 60.9 Å². The lowest BCUT2D eigenvalue weighted by Gasteiger charge is -2.26. The fourth-order valence-electron chi connectivity index (χ4n) is 2.38. The van der Waals surface area contributed by atoms with Crippen LogP contribution in [0.25, 0.3) is 0 Å². The van der Waals surface area contributed by atoms with Crippen LogP contribution in [-0.2, 0) is 9.59 Å². The molecule has 5 nitrogen and oxygen atoms in total. The molecule has 1 atom stereocenters. The number of likely N-dealkylation sites (N-methyl/N-ethyl adjacent to an activating group) is 1. The molecule has 1 unspecified atom stereocenters. The Bertz CT molecular complexity index is 299. The van der Waals surface area contributed by atoms with Crippen molar-refractivity contribution >= 4 is 11.9 Å². The summed E-state index contributed by atoms with van der Waals surface area (Å²) in [6, 6.07) is 0. The molecule has 5 heteroatoms. The van der Waals surface area contributed by atoms with Crippen LogP contribution in [0.2, 0.25) is 0 Å². The SMILES string of the molecule is CCN(CC(=O)N1CCCCCC1)CC(C)C(=O)O. The molecule has 0 spiro atoms. The van der Waals surface area contributed by atoms with Crippen LogP contribution >= 0.6 is 0 Å². The van der Waals surface area contributed by atoms with Crippen LogP contribution in [0.5, 0.6) is 0 Å². The van der Waals surface area contributed by atoms with Gasteiger partial charge < -0.3 is 10.0 Å². The molecule has 1 fully saturated rings. The van der Waals surface area contributed by atoms with Gasteiger partial charge in [0.2, 0.25) is 5.91 Å². The van der Waals surface area contributed by atoms with Gasteiger partial charge in [-0.2, -0.15) is 0 Å². The minimum atomic E-state index is -0.805. The van der Waals surface area contributed by atoms with E-state index in [9.17, 15) is 9.59 Å². The zero-order valence-electron chi connectivity index (χ0n) is 12.1. The summed E-state index contributed by atoms with van der Waals surface area (Å²) in [4.78, 5) is 26.9. The second kappa shape index (κ2) is 8.15. The molecule has 1 heterocycles. The fraction of sp³-hybridized carbons (Fsp3) is 0.857. The Morgan fingerprint density at radius 1 is 1.21 bits per heavy atom. The van der Waals surface area contributed by atoms with Crippen LogP contribution in [0.4, 0.5) is 0 Å². The van der Waals surface area contributed by atoms with E-state index < -0.39 is 11.9 Å². The number of likely N-dealkylation sites (tertiary alicyclic amines) is 1. The van der Waals surface area contributed by atoms with E-state index in [-0.39, 0.29) is 5.91 Å². The first kappa shape index (κ1) is 16.0. The lowest BCUT2D eigenvalue weighted by atomic mass is 10.1. The van der Waals surface area contributed by atoms with Gasteiger partial charge in [-0.3, -0.25) is 14.5 Å².